The molecule has 57 heavy (non-hydrogen) atoms. The third-order valence-electron chi connectivity index (χ3n) is 9.82. The number of primary amides is 1. The van der Waals surface area contributed by atoms with Crippen LogP contribution in [0.15, 0.2) is 72.9 Å². The molecule has 0 bridgehead atoms. The zero-order valence-electron chi connectivity index (χ0n) is 28.6. The minimum Gasteiger partial charge on any atom is -0.366 e. The van der Waals surface area contributed by atoms with Gasteiger partial charge in [0.25, 0.3) is 17.7 Å². The minimum absolute atomic E-state index is 0.0225. The lowest BCUT2D eigenvalue weighted by Gasteiger charge is -2.25. The lowest BCUT2D eigenvalue weighted by atomic mass is 9.84. The van der Waals surface area contributed by atoms with Crippen LogP contribution in [0.2, 0.25) is 0 Å². The molecule has 3 aromatic carbocycles. The number of pyridine rings is 1. The standard InChI is InChI=1S/C39H22F8N6O4/c40-19-9-17(10-20(41)13-19)11-29(50-30(54)16-52-34-31(33(51-52)39(45,46)47)24-6-7-27(24)38(34,43)44)32-25(18-5-8-28(42)26(12-18)35(48)55)14-21(15-49-32)53-36(56)22-3-1-2-4-23(22)37(53)57/h1-5,8-10,12-15,24,27,29H,11,16H2,(H2,48,55)(H,50,54). The van der Waals surface area contributed by atoms with Crippen LogP contribution in [0.3, 0.4) is 0 Å². The van der Waals surface area contributed by atoms with Crippen LogP contribution in [0.5, 0.6) is 0 Å². The molecule has 3 atom stereocenters. The average Bonchev–Trinajstić information content (AvgIpc) is 3.66. The van der Waals surface area contributed by atoms with Gasteiger partial charge in [0.15, 0.2) is 5.69 Å². The van der Waals surface area contributed by atoms with Crippen molar-refractivity contribution in [1.29, 1.82) is 0 Å². The molecule has 0 saturated heterocycles. The van der Waals surface area contributed by atoms with Crippen molar-refractivity contribution in [3.63, 3.8) is 0 Å². The fourth-order valence-corrected chi connectivity index (χ4v) is 7.34. The Kier molecular flexibility index (Phi) is 8.52. The molecule has 0 spiro atoms. The molecule has 3 unspecified atom stereocenters. The van der Waals surface area contributed by atoms with Gasteiger partial charge in [-0.1, -0.05) is 30.0 Å². The van der Waals surface area contributed by atoms with E-state index in [1.807, 2.05) is 0 Å². The molecule has 10 nitrogen and oxygen atoms in total. The number of aromatic nitrogens is 3. The second-order valence-electron chi connectivity index (χ2n) is 13.4. The summed E-state index contributed by atoms with van der Waals surface area (Å²) in [7, 11) is 0. The number of carbonyl (C=O) groups is 4. The highest BCUT2D eigenvalue weighted by atomic mass is 19.4. The first-order valence-corrected chi connectivity index (χ1v) is 16.8. The number of carbonyl (C=O) groups excluding carboxylic acids is 4. The van der Waals surface area contributed by atoms with E-state index in [-0.39, 0.29) is 43.9 Å². The number of halogens is 8. The van der Waals surface area contributed by atoms with Crippen LogP contribution in [-0.2, 0) is 29.9 Å². The molecule has 2 aromatic heterocycles. The third kappa shape index (κ3) is 6.15. The second-order valence-corrected chi connectivity index (χ2v) is 13.4. The maximum atomic E-state index is 15.4. The summed E-state index contributed by atoms with van der Waals surface area (Å²) in [4.78, 5) is 58.0. The molecule has 0 saturated carbocycles. The molecule has 288 valence electrons. The van der Waals surface area contributed by atoms with Gasteiger partial charge in [0, 0.05) is 17.2 Å². The van der Waals surface area contributed by atoms with Crippen molar-refractivity contribution in [2.45, 2.75) is 37.0 Å². The molecule has 4 amide bonds. The Balaban J connectivity index is 1.24. The number of anilines is 1. The summed E-state index contributed by atoms with van der Waals surface area (Å²) in [6.07, 6.45) is -4.64. The van der Waals surface area contributed by atoms with E-state index in [0.717, 1.165) is 35.4 Å². The molecule has 8 rings (SSSR count). The summed E-state index contributed by atoms with van der Waals surface area (Å²) in [5.41, 5.74) is 0.734. The number of hydrogen-bond donors (Lipinski definition) is 2. The molecule has 0 radical (unpaired) electrons. The molecule has 5 aromatic rings. The molecule has 3 heterocycles. The number of rotatable bonds is 9. The third-order valence-corrected chi connectivity index (χ3v) is 9.82. The molecule has 3 aliphatic rings. The molecule has 3 N–H and O–H groups in total. The lowest BCUT2D eigenvalue weighted by Crippen LogP contribution is -2.36. The van der Waals surface area contributed by atoms with Crippen LogP contribution in [0.25, 0.3) is 11.1 Å². The predicted molar refractivity (Wildman–Crippen MR) is 182 cm³/mol. The summed E-state index contributed by atoms with van der Waals surface area (Å²) < 4.78 is 117. The molecule has 1 aliphatic heterocycles. The van der Waals surface area contributed by atoms with Crippen molar-refractivity contribution in [3.8, 4) is 23.0 Å². The van der Waals surface area contributed by atoms with Gasteiger partial charge in [-0.3, -0.25) is 28.8 Å². The zero-order chi connectivity index (χ0) is 40.7. The Bertz CT molecular complexity index is 2610. The van der Waals surface area contributed by atoms with Crippen molar-refractivity contribution >= 4 is 29.3 Å². The monoisotopic (exact) mass is 790 g/mol. The number of amides is 4. The van der Waals surface area contributed by atoms with Gasteiger partial charge >= 0.3 is 12.1 Å². The van der Waals surface area contributed by atoms with Gasteiger partial charge in [-0.15, -0.1) is 0 Å². The van der Waals surface area contributed by atoms with E-state index in [2.05, 4.69) is 27.2 Å². The molecule has 0 fully saturated rings. The van der Waals surface area contributed by atoms with Gasteiger partial charge < -0.3 is 11.1 Å². The number of nitrogens with zero attached hydrogens (tertiary/aromatic N) is 4. The first-order valence-electron chi connectivity index (χ1n) is 16.8. The summed E-state index contributed by atoms with van der Waals surface area (Å²) in [5.74, 6) is -9.62. The SMILES string of the molecule is NC(=O)c1cc(-c2cc(N3C(=O)c4ccccc4C3=O)cnc2C(Cc2cc(F)cc(F)c2)NC(=O)Cn2nc(C(F)(F)F)c3c2C(F)(F)C2C#CC32)ccc1F. The molecular formula is C39H22F8N6O4. The highest BCUT2D eigenvalue weighted by Crippen LogP contribution is 2.58. The van der Waals surface area contributed by atoms with E-state index in [1.54, 1.807) is 0 Å². The van der Waals surface area contributed by atoms with Crippen LogP contribution < -0.4 is 16.0 Å². The molecule has 18 heteroatoms. The largest absolute Gasteiger partial charge is 0.435 e. The summed E-state index contributed by atoms with van der Waals surface area (Å²) in [6.45, 7) is -1.20. The van der Waals surface area contributed by atoms with E-state index in [0.29, 0.717) is 6.07 Å². The van der Waals surface area contributed by atoms with Gasteiger partial charge in [-0.25, -0.2) is 18.1 Å². The van der Waals surface area contributed by atoms with Crippen molar-refractivity contribution in [2.75, 3.05) is 4.90 Å². The Morgan fingerprint density at radius 3 is 2.18 bits per heavy atom. The van der Waals surface area contributed by atoms with E-state index >= 15 is 8.78 Å². The van der Waals surface area contributed by atoms with Crippen molar-refractivity contribution in [1.82, 2.24) is 20.1 Å². The number of fused-ring (bicyclic) bond motifs is 4. The van der Waals surface area contributed by atoms with Gasteiger partial charge in [-0.2, -0.15) is 27.1 Å². The Labute approximate surface area is 315 Å². The van der Waals surface area contributed by atoms with Crippen LogP contribution >= 0.6 is 0 Å². The van der Waals surface area contributed by atoms with E-state index in [1.165, 1.54) is 36.4 Å². The fraction of sp³-hybridized carbons (Fsp3) is 0.179. The molecular weight excluding hydrogens is 768 g/mol. The number of alkyl halides is 5. The Morgan fingerprint density at radius 2 is 1.58 bits per heavy atom. The van der Waals surface area contributed by atoms with Crippen molar-refractivity contribution < 1.29 is 54.3 Å². The quantitative estimate of drug-likeness (QED) is 0.104. The summed E-state index contributed by atoms with van der Waals surface area (Å²) in [6, 6.07) is 11.1. The summed E-state index contributed by atoms with van der Waals surface area (Å²) >= 11 is 0. The van der Waals surface area contributed by atoms with Crippen LogP contribution in [-0.4, -0.2) is 38.4 Å². The number of hydrogen-bond acceptors (Lipinski definition) is 6. The normalized spacial score (nSPS) is 17.9. The average molecular weight is 791 g/mol. The minimum atomic E-state index is -5.18. The fourth-order valence-electron chi connectivity index (χ4n) is 7.34. The highest BCUT2D eigenvalue weighted by Gasteiger charge is 2.62. The van der Waals surface area contributed by atoms with Gasteiger partial charge in [0.05, 0.1) is 46.2 Å². The smallest absolute Gasteiger partial charge is 0.366 e. The van der Waals surface area contributed by atoms with E-state index in [4.69, 9.17) is 5.73 Å². The topological polar surface area (TPSA) is 140 Å². The Morgan fingerprint density at radius 1 is 0.912 bits per heavy atom. The van der Waals surface area contributed by atoms with E-state index < -0.39 is 107 Å². The van der Waals surface area contributed by atoms with Gasteiger partial charge in [0.1, 0.15) is 35.6 Å². The van der Waals surface area contributed by atoms with Crippen molar-refractivity contribution in [2.24, 2.45) is 11.7 Å². The number of nitrogens with one attached hydrogen (secondary N) is 1. The zero-order valence-corrected chi connectivity index (χ0v) is 28.6. The second kappa shape index (κ2) is 13.1. The molecule has 2 aliphatic carbocycles. The summed E-state index contributed by atoms with van der Waals surface area (Å²) in [5, 5.41) is 5.83. The maximum Gasteiger partial charge on any atom is 0.435 e. The highest BCUT2D eigenvalue weighted by molar-refractivity contribution is 6.34. The number of imide groups is 1. The maximum absolute atomic E-state index is 15.4. The number of nitrogens with two attached hydrogens (primary N) is 1. The van der Waals surface area contributed by atoms with Crippen LogP contribution in [0.4, 0.5) is 40.8 Å². The lowest BCUT2D eigenvalue weighted by molar-refractivity contribution is -0.142. The first kappa shape index (κ1) is 37.0. The van der Waals surface area contributed by atoms with Gasteiger partial charge in [-0.05, 0) is 60.0 Å². The van der Waals surface area contributed by atoms with Crippen molar-refractivity contribution in [3.05, 3.63) is 135 Å². The Hall–Kier alpha value is -6.90. The first-order chi connectivity index (χ1) is 26.9. The predicted octanol–water partition coefficient (Wildman–Crippen LogP) is 6.20. The van der Waals surface area contributed by atoms with Gasteiger partial charge in [0.2, 0.25) is 5.91 Å². The van der Waals surface area contributed by atoms with E-state index in [9.17, 15) is 45.5 Å². The number of benzene rings is 3. The van der Waals surface area contributed by atoms with Crippen LogP contribution in [0.1, 0.15) is 71.2 Å². The van der Waals surface area contributed by atoms with Crippen LogP contribution in [0, 0.1) is 35.2 Å².